The number of ether oxygens (including phenoxy) is 2. The smallest absolute Gasteiger partial charge is 0.306 e. The van der Waals surface area contributed by atoms with Crippen molar-refractivity contribution in [1.82, 2.24) is 0 Å². The van der Waals surface area contributed by atoms with Crippen LogP contribution in [0.5, 0.6) is 0 Å². The Bertz CT molecular complexity index is 408. The summed E-state index contributed by atoms with van der Waals surface area (Å²) in [5, 5.41) is 0. The highest BCUT2D eigenvalue weighted by atomic mass is 16.5. The molecule has 1 atom stereocenters. The second-order valence-corrected chi connectivity index (χ2v) is 9.11. The van der Waals surface area contributed by atoms with Crippen LogP contribution in [0.1, 0.15) is 149 Å². The van der Waals surface area contributed by atoms with Gasteiger partial charge in [0.2, 0.25) is 0 Å². The number of carbonyl (C=O) groups is 2. The van der Waals surface area contributed by atoms with Gasteiger partial charge < -0.3 is 9.47 Å². The lowest BCUT2D eigenvalue weighted by molar-refractivity contribution is -0.153. The summed E-state index contributed by atoms with van der Waals surface area (Å²) < 4.78 is 10.6. The first-order valence-corrected chi connectivity index (χ1v) is 13.4. The van der Waals surface area contributed by atoms with Crippen molar-refractivity contribution in [3.8, 4) is 0 Å². The molecule has 0 radical (unpaired) electrons. The van der Waals surface area contributed by atoms with Crippen LogP contribution in [0.3, 0.4) is 0 Å². The molecule has 0 aliphatic heterocycles. The molecule has 0 spiro atoms. The summed E-state index contributed by atoms with van der Waals surface area (Å²) >= 11 is 0. The van der Waals surface area contributed by atoms with Gasteiger partial charge in [-0.2, -0.15) is 0 Å². The fourth-order valence-corrected chi connectivity index (χ4v) is 3.78. The SMILES string of the molecule is CCCCCCCCCCCCCCCCOC(=O)CCC(=O)OC(C)CCCCC. The van der Waals surface area contributed by atoms with Crippen molar-refractivity contribution in [3.63, 3.8) is 0 Å². The summed E-state index contributed by atoms with van der Waals surface area (Å²) in [5.41, 5.74) is 0. The Kier molecular flexibility index (Phi) is 22.8. The second kappa shape index (κ2) is 23.6. The van der Waals surface area contributed by atoms with E-state index in [2.05, 4.69) is 13.8 Å². The van der Waals surface area contributed by atoms with E-state index >= 15 is 0 Å². The molecule has 0 saturated heterocycles. The van der Waals surface area contributed by atoms with Gasteiger partial charge in [0.25, 0.3) is 0 Å². The summed E-state index contributed by atoms with van der Waals surface area (Å²) in [4.78, 5) is 23.5. The van der Waals surface area contributed by atoms with E-state index in [0.29, 0.717) is 6.61 Å². The normalized spacial score (nSPS) is 12.0. The Morgan fingerprint density at radius 3 is 1.52 bits per heavy atom. The molecule has 31 heavy (non-hydrogen) atoms. The lowest BCUT2D eigenvalue weighted by atomic mass is 10.0. The Morgan fingerprint density at radius 2 is 1.00 bits per heavy atom. The average molecular weight is 441 g/mol. The maximum absolute atomic E-state index is 11.8. The van der Waals surface area contributed by atoms with Crippen LogP contribution in [-0.2, 0) is 19.1 Å². The zero-order valence-electron chi connectivity index (χ0n) is 21.1. The second-order valence-electron chi connectivity index (χ2n) is 9.11. The highest BCUT2D eigenvalue weighted by molar-refractivity contribution is 5.77. The van der Waals surface area contributed by atoms with Crippen LogP contribution >= 0.6 is 0 Å². The van der Waals surface area contributed by atoms with E-state index in [9.17, 15) is 9.59 Å². The van der Waals surface area contributed by atoms with Crippen molar-refractivity contribution in [1.29, 1.82) is 0 Å². The summed E-state index contributed by atoms with van der Waals surface area (Å²) in [6.07, 6.45) is 22.8. The van der Waals surface area contributed by atoms with Crippen molar-refractivity contribution >= 4 is 11.9 Å². The van der Waals surface area contributed by atoms with E-state index in [1.54, 1.807) is 0 Å². The topological polar surface area (TPSA) is 52.6 Å². The molecule has 0 saturated carbocycles. The van der Waals surface area contributed by atoms with E-state index in [1.807, 2.05) is 6.92 Å². The van der Waals surface area contributed by atoms with Gasteiger partial charge in [-0.25, -0.2) is 0 Å². The summed E-state index contributed by atoms with van der Waals surface area (Å²) in [6.45, 7) is 6.81. The van der Waals surface area contributed by atoms with Crippen LogP contribution in [0, 0.1) is 0 Å². The van der Waals surface area contributed by atoms with Crippen LogP contribution < -0.4 is 0 Å². The Balaban J connectivity index is 3.34. The fourth-order valence-electron chi connectivity index (χ4n) is 3.78. The monoisotopic (exact) mass is 440 g/mol. The molecule has 0 heterocycles. The van der Waals surface area contributed by atoms with Gasteiger partial charge in [-0.05, 0) is 26.2 Å². The molecule has 0 aromatic carbocycles. The molecule has 0 fully saturated rings. The van der Waals surface area contributed by atoms with Gasteiger partial charge in [-0.1, -0.05) is 110 Å². The van der Waals surface area contributed by atoms with Crippen LogP contribution in [-0.4, -0.2) is 24.6 Å². The molecule has 0 N–H and O–H groups in total. The zero-order chi connectivity index (χ0) is 23.0. The van der Waals surface area contributed by atoms with Crippen LogP contribution in [0.15, 0.2) is 0 Å². The first kappa shape index (κ1) is 29.9. The average Bonchev–Trinajstić information content (AvgIpc) is 2.75. The van der Waals surface area contributed by atoms with Gasteiger partial charge in [0.15, 0.2) is 0 Å². The minimum Gasteiger partial charge on any atom is -0.466 e. The third kappa shape index (κ3) is 23.4. The van der Waals surface area contributed by atoms with Crippen molar-refractivity contribution < 1.29 is 19.1 Å². The molecule has 0 aliphatic rings. The standard InChI is InChI=1S/C27H52O4/c1-4-6-8-9-10-11-12-13-14-15-16-17-18-20-24-30-26(28)22-23-27(29)31-25(3)21-19-7-5-2/h25H,4-24H2,1-3H3. The van der Waals surface area contributed by atoms with Gasteiger partial charge in [0.1, 0.15) is 0 Å². The predicted octanol–water partition coefficient (Wildman–Crippen LogP) is 8.30. The van der Waals surface area contributed by atoms with E-state index < -0.39 is 0 Å². The predicted molar refractivity (Wildman–Crippen MR) is 130 cm³/mol. The van der Waals surface area contributed by atoms with E-state index in [-0.39, 0.29) is 30.9 Å². The molecule has 4 heteroatoms. The fraction of sp³-hybridized carbons (Fsp3) is 0.926. The zero-order valence-corrected chi connectivity index (χ0v) is 21.1. The Morgan fingerprint density at radius 1 is 0.581 bits per heavy atom. The summed E-state index contributed by atoms with van der Waals surface area (Å²) in [6, 6.07) is 0. The minimum absolute atomic E-state index is 0.0642. The largest absolute Gasteiger partial charge is 0.466 e. The third-order valence-electron chi connectivity index (χ3n) is 5.84. The Labute approximate surface area is 193 Å². The molecule has 184 valence electrons. The number of rotatable bonds is 23. The molecule has 0 aromatic heterocycles. The number of carbonyl (C=O) groups excluding carboxylic acids is 2. The molecule has 0 aromatic rings. The van der Waals surface area contributed by atoms with E-state index in [1.165, 1.54) is 77.0 Å². The molecule has 1 unspecified atom stereocenters. The minimum atomic E-state index is -0.294. The van der Waals surface area contributed by atoms with Crippen LogP contribution in [0.4, 0.5) is 0 Å². The first-order chi connectivity index (χ1) is 15.1. The molecular formula is C27H52O4. The first-order valence-electron chi connectivity index (χ1n) is 13.4. The molecule has 0 rings (SSSR count). The van der Waals surface area contributed by atoms with Crippen molar-refractivity contribution in [3.05, 3.63) is 0 Å². The van der Waals surface area contributed by atoms with Gasteiger partial charge in [-0.15, -0.1) is 0 Å². The summed E-state index contributed by atoms with van der Waals surface area (Å²) in [5.74, 6) is -0.581. The molecular weight excluding hydrogens is 388 g/mol. The summed E-state index contributed by atoms with van der Waals surface area (Å²) in [7, 11) is 0. The molecule has 4 nitrogen and oxygen atoms in total. The maximum Gasteiger partial charge on any atom is 0.306 e. The number of hydrogen-bond donors (Lipinski definition) is 0. The van der Waals surface area contributed by atoms with Crippen LogP contribution in [0.25, 0.3) is 0 Å². The van der Waals surface area contributed by atoms with Gasteiger partial charge >= 0.3 is 11.9 Å². The van der Waals surface area contributed by atoms with Gasteiger partial charge in [0.05, 0.1) is 25.6 Å². The number of unbranched alkanes of at least 4 members (excludes halogenated alkanes) is 15. The quantitative estimate of drug-likeness (QED) is 0.118. The van der Waals surface area contributed by atoms with Gasteiger partial charge in [0, 0.05) is 0 Å². The van der Waals surface area contributed by atoms with E-state index in [4.69, 9.17) is 9.47 Å². The highest BCUT2D eigenvalue weighted by Gasteiger charge is 2.12. The molecule has 0 bridgehead atoms. The lowest BCUT2D eigenvalue weighted by Crippen LogP contribution is -2.16. The molecule has 0 amide bonds. The van der Waals surface area contributed by atoms with Crippen LogP contribution in [0.2, 0.25) is 0 Å². The van der Waals surface area contributed by atoms with Crippen molar-refractivity contribution in [2.75, 3.05) is 6.61 Å². The highest BCUT2D eigenvalue weighted by Crippen LogP contribution is 2.13. The third-order valence-corrected chi connectivity index (χ3v) is 5.84. The maximum atomic E-state index is 11.8. The van der Waals surface area contributed by atoms with E-state index in [0.717, 1.165) is 38.5 Å². The van der Waals surface area contributed by atoms with Gasteiger partial charge in [-0.3, -0.25) is 9.59 Å². The number of esters is 2. The van der Waals surface area contributed by atoms with Crippen molar-refractivity contribution in [2.45, 2.75) is 155 Å². The molecule has 0 aliphatic carbocycles. The lowest BCUT2D eigenvalue weighted by Gasteiger charge is -2.12. The van der Waals surface area contributed by atoms with Crippen molar-refractivity contribution in [2.24, 2.45) is 0 Å². The number of hydrogen-bond acceptors (Lipinski definition) is 4. The Hall–Kier alpha value is -1.06.